The van der Waals surface area contributed by atoms with Crippen molar-refractivity contribution in [3.63, 3.8) is 0 Å². The number of aromatic nitrogens is 1. The highest BCUT2D eigenvalue weighted by atomic mass is 19.4. The Morgan fingerprint density at radius 2 is 1.68 bits per heavy atom. The Morgan fingerprint density at radius 1 is 1.05 bits per heavy atom. The smallest absolute Gasteiger partial charge is 0.465 e. The predicted molar refractivity (Wildman–Crippen MR) is 73.8 cm³/mol. The molecule has 1 N–H and O–H groups in total. The first kappa shape index (κ1) is 14.2. The van der Waals surface area contributed by atoms with Crippen LogP contribution in [0.5, 0.6) is 5.75 Å². The molecule has 4 nitrogen and oxygen atoms in total. The number of carbonyl (C=O) groups is 1. The van der Waals surface area contributed by atoms with Crippen LogP contribution in [0.1, 0.15) is 10.4 Å². The lowest BCUT2D eigenvalue weighted by Crippen LogP contribution is -2.16. The second-order valence-corrected chi connectivity index (χ2v) is 4.63. The van der Waals surface area contributed by atoms with Crippen LogP contribution < -0.4 is 4.74 Å². The molecule has 0 aliphatic carbocycles. The van der Waals surface area contributed by atoms with E-state index in [1.54, 1.807) is 18.2 Å². The van der Waals surface area contributed by atoms with Crippen molar-refractivity contribution in [1.29, 1.82) is 0 Å². The molecule has 1 heterocycles. The van der Waals surface area contributed by atoms with Crippen LogP contribution in [0, 0.1) is 0 Å². The van der Waals surface area contributed by atoms with E-state index in [4.69, 9.17) is 0 Å². The number of benzene rings is 2. The number of aromatic amines is 1. The molecule has 114 valence electrons. The molecule has 0 saturated carbocycles. The molecule has 0 aliphatic heterocycles. The number of methoxy groups -OCH3 is 1. The molecule has 7 heteroatoms. The summed E-state index contributed by atoms with van der Waals surface area (Å²) < 4.78 is 45.5. The van der Waals surface area contributed by atoms with Gasteiger partial charge in [-0.05, 0) is 36.4 Å². The van der Waals surface area contributed by atoms with Gasteiger partial charge in [-0.25, -0.2) is 4.79 Å². The summed E-state index contributed by atoms with van der Waals surface area (Å²) in [4.78, 5) is 14.6. The molecule has 1 aromatic heterocycles. The molecule has 0 bridgehead atoms. The third kappa shape index (κ3) is 2.57. The fourth-order valence-electron chi connectivity index (χ4n) is 2.32. The molecule has 0 spiro atoms. The monoisotopic (exact) mass is 309 g/mol. The number of halogens is 3. The van der Waals surface area contributed by atoms with Crippen LogP contribution in [0.25, 0.3) is 21.8 Å². The van der Waals surface area contributed by atoms with Crippen molar-refractivity contribution >= 4 is 27.8 Å². The molecule has 3 rings (SSSR count). The first-order valence-corrected chi connectivity index (χ1v) is 6.27. The largest absolute Gasteiger partial charge is 0.573 e. The predicted octanol–water partition coefficient (Wildman–Crippen LogP) is 4.01. The fourth-order valence-corrected chi connectivity index (χ4v) is 2.32. The average molecular weight is 309 g/mol. The normalized spacial score (nSPS) is 11.8. The van der Waals surface area contributed by atoms with Crippen molar-refractivity contribution in [2.75, 3.05) is 7.11 Å². The van der Waals surface area contributed by atoms with Gasteiger partial charge >= 0.3 is 12.3 Å². The maximum absolute atomic E-state index is 12.3. The highest BCUT2D eigenvalue weighted by Gasteiger charge is 2.31. The van der Waals surface area contributed by atoms with Crippen LogP contribution in [-0.4, -0.2) is 24.4 Å². The number of carbonyl (C=O) groups excluding carboxylic acids is 1. The fraction of sp³-hybridized carbons (Fsp3) is 0.133. The number of H-pyrrole nitrogens is 1. The van der Waals surface area contributed by atoms with E-state index in [1.807, 2.05) is 0 Å². The number of alkyl halides is 3. The minimum absolute atomic E-state index is 0.315. The van der Waals surface area contributed by atoms with Gasteiger partial charge in [0, 0.05) is 21.8 Å². The van der Waals surface area contributed by atoms with Crippen LogP contribution in [0.15, 0.2) is 36.4 Å². The number of nitrogens with one attached hydrogen (secondary N) is 1. The summed E-state index contributed by atoms with van der Waals surface area (Å²) in [5.74, 6) is -0.830. The zero-order chi connectivity index (χ0) is 15.9. The minimum atomic E-state index is -4.75. The van der Waals surface area contributed by atoms with Crippen molar-refractivity contribution in [2.45, 2.75) is 6.36 Å². The van der Waals surface area contributed by atoms with E-state index in [-0.39, 0.29) is 5.75 Å². The van der Waals surface area contributed by atoms with Crippen LogP contribution in [0.2, 0.25) is 0 Å². The summed E-state index contributed by atoms with van der Waals surface area (Å²) in [5.41, 5.74) is 1.66. The first-order valence-electron chi connectivity index (χ1n) is 6.27. The van der Waals surface area contributed by atoms with Crippen molar-refractivity contribution in [3.8, 4) is 5.75 Å². The second kappa shape index (κ2) is 4.94. The molecule has 0 saturated heterocycles. The Bertz CT molecular complexity index is 867. The molecule has 0 radical (unpaired) electrons. The summed E-state index contributed by atoms with van der Waals surface area (Å²) in [7, 11) is 1.26. The Balaban J connectivity index is 2.16. The quantitative estimate of drug-likeness (QED) is 0.728. The van der Waals surface area contributed by atoms with Gasteiger partial charge in [0.05, 0.1) is 12.7 Å². The SMILES string of the molecule is COC(=O)c1ccc2[nH]c3ccc(OC(F)(F)F)cc3c2c1. The number of rotatable bonds is 2. The Kier molecular flexibility index (Phi) is 3.20. The number of ether oxygens (including phenoxy) is 2. The van der Waals surface area contributed by atoms with E-state index in [1.165, 1.54) is 25.3 Å². The lowest BCUT2D eigenvalue weighted by atomic mass is 10.1. The van der Waals surface area contributed by atoms with Gasteiger partial charge in [0.2, 0.25) is 0 Å². The molecule has 0 fully saturated rings. The third-order valence-electron chi connectivity index (χ3n) is 3.22. The Labute approximate surface area is 122 Å². The van der Waals surface area contributed by atoms with Gasteiger partial charge in [0.25, 0.3) is 0 Å². The number of fused-ring (bicyclic) bond motifs is 3. The highest BCUT2D eigenvalue weighted by molar-refractivity contribution is 6.09. The van der Waals surface area contributed by atoms with E-state index in [0.29, 0.717) is 27.4 Å². The van der Waals surface area contributed by atoms with Crippen LogP contribution in [0.3, 0.4) is 0 Å². The number of esters is 1. The first-order chi connectivity index (χ1) is 10.4. The zero-order valence-corrected chi connectivity index (χ0v) is 11.3. The molecule has 0 unspecified atom stereocenters. The van der Waals surface area contributed by atoms with Crippen LogP contribution >= 0.6 is 0 Å². The van der Waals surface area contributed by atoms with E-state index >= 15 is 0 Å². The van der Waals surface area contributed by atoms with Crippen molar-refractivity contribution in [3.05, 3.63) is 42.0 Å². The van der Waals surface area contributed by atoms with Gasteiger partial charge < -0.3 is 14.5 Å². The molecule has 0 aliphatic rings. The van der Waals surface area contributed by atoms with Crippen LogP contribution in [-0.2, 0) is 4.74 Å². The van der Waals surface area contributed by atoms with Gasteiger partial charge in [-0.1, -0.05) is 0 Å². The summed E-state index contributed by atoms with van der Waals surface area (Å²) in [6.07, 6.45) is -4.75. The topological polar surface area (TPSA) is 51.3 Å². The maximum atomic E-state index is 12.3. The lowest BCUT2D eigenvalue weighted by Gasteiger charge is -2.08. The molecule has 3 aromatic rings. The Hall–Kier alpha value is -2.70. The van der Waals surface area contributed by atoms with E-state index < -0.39 is 12.3 Å². The summed E-state index contributed by atoms with van der Waals surface area (Å²) >= 11 is 0. The molecular weight excluding hydrogens is 299 g/mol. The summed E-state index contributed by atoms with van der Waals surface area (Å²) in [6, 6.07) is 8.82. The molecular formula is C15H10F3NO3. The van der Waals surface area contributed by atoms with Crippen molar-refractivity contribution in [1.82, 2.24) is 4.98 Å². The zero-order valence-electron chi connectivity index (χ0n) is 11.3. The van der Waals surface area contributed by atoms with E-state index in [9.17, 15) is 18.0 Å². The van der Waals surface area contributed by atoms with Gasteiger partial charge in [-0.15, -0.1) is 13.2 Å². The van der Waals surface area contributed by atoms with Gasteiger partial charge in [0.15, 0.2) is 0 Å². The molecule has 0 atom stereocenters. The maximum Gasteiger partial charge on any atom is 0.573 e. The molecule has 0 amide bonds. The van der Waals surface area contributed by atoms with Crippen LogP contribution in [0.4, 0.5) is 13.2 Å². The van der Waals surface area contributed by atoms with E-state index in [2.05, 4.69) is 14.5 Å². The van der Waals surface area contributed by atoms with E-state index in [0.717, 1.165) is 0 Å². The third-order valence-corrected chi connectivity index (χ3v) is 3.22. The highest BCUT2D eigenvalue weighted by Crippen LogP contribution is 2.31. The van der Waals surface area contributed by atoms with Gasteiger partial charge in [-0.2, -0.15) is 0 Å². The van der Waals surface area contributed by atoms with Crippen molar-refractivity contribution in [2.24, 2.45) is 0 Å². The lowest BCUT2D eigenvalue weighted by molar-refractivity contribution is -0.274. The summed E-state index contributed by atoms with van der Waals surface area (Å²) in [6.45, 7) is 0. The van der Waals surface area contributed by atoms with Gasteiger partial charge in [0.1, 0.15) is 5.75 Å². The molecule has 22 heavy (non-hydrogen) atoms. The summed E-state index contributed by atoms with van der Waals surface area (Å²) in [5, 5.41) is 1.15. The average Bonchev–Trinajstić information content (AvgIpc) is 2.82. The second-order valence-electron chi connectivity index (χ2n) is 4.63. The Morgan fingerprint density at radius 3 is 2.32 bits per heavy atom. The van der Waals surface area contributed by atoms with Gasteiger partial charge in [-0.3, -0.25) is 0 Å². The number of hydrogen-bond donors (Lipinski definition) is 1. The number of hydrogen-bond acceptors (Lipinski definition) is 3. The molecule has 2 aromatic carbocycles. The minimum Gasteiger partial charge on any atom is -0.465 e. The standard InChI is InChI=1S/C15H10F3NO3/c1-21-14(20)8-2-4-12-10(6-8)11-7-9(22-15(16,17)18)3-5-13(11)19-12/h2-7,19H,1H3. The van der Waals surface area contributed by atoms with Crippen molar-refractivity contribution < 1.29 is 27.4 Å².